The lowest BCUT2D eigenvalue weighted by molar-refractivity contribution is 0.687. The lowest BCUT2D eigenvalue weighted by Crippen LogP contribution is -2.26. The van der Waals surface area contributed by atoms with E-state index in [2.05, 4.69) is 22.4 Å². The van der Waals surface area contributed by atoms with Gasteiger partial charge in [-0.25, -0.2) is 4.99 Å². The number of rotatable bonds is 3. The van der Waals surface area contributed by atoms with E-state index in [0.29, 0.717) is 11.5 Å². The highest BCUT2D eigenvalue weighted by Gasteiger charge is 2.13. The molecule has 3 N–H and O–H groups in total. The number of aromatic nitrogens is 1. The summed E-state index contributed by atoms with van der Waals surface area (Å²) in [7, 11) is 1.77. The molecule has 1 aromatic carbocycles. The molecule has 0 radical (unpaired) electrons. The summed E-state index contributed by atoms with van der Waals surface area (Å²) in [6.45, 7) is 2.18. The Labute approximate surface area is 142 Å². The van der Waals surface area contributed by atoms with Crippen molar-refractivity contribution in [1.29, 1.82) is 0 Å². The van der Waals surface area contributed by atoms with Crippen LogP contribution in [0.1, 0.15) is 35.2 Å². The fourth-order valence-corrected chi connectivity index (χ4v) is 3.15. The maximum absolute atomic E-state index is 12.2. The molecule has 5 nitrogen and oxygen atoms in total. The third kappa shape index (κ3) is 3.35. The third-order valence-corrected chi connectivity index (χ3v) is 4.71. The van der Waals surface area contributed by atoms with E-state index in [4.69, 9.17) is 5.73 Å². The van der Waals surface area contributed by atoms with Crippen molar-refractivity contribution >= 4 is 11.6 Å². The maximum atomic E-state index is 12.2. The molecule has 0 saturated carbocycles. The molecule has 0 saturated heterocycles. The summed E-state index contributed by atoms with van der Waals surface area (Å²) in [6, 6.07) is 10.0. The molecule has 0 spiro atoms. The second kappa shape index (κ2) is 6.91. The number of nitrogens with two attached hydrogens (primary N) is 1. The number of guanidine groups is 1. The first-order valence-corrected chi connectivity index (χ1v) is 8.39. The van der Waals surface area contributed by atoms with E-state index >= 15 is 0 Å². The number of nitrogens with zero attached hydrogens (tertiary/aromatic N) is 2. The van der Waals surface area contributed by atoms with Gasteiger partial charge in [0, 0.05) is 24.0 Å². The van der Waals surface area contributed by atoms with Gasteiger partial charge in [0.15, 0.2) is 5.96 Å². The first-order valence-electron chi connectivity index (χ1n) is 8.39. The van der Waals surface area contributed by atoms with Crippen LogP contribution in [0.15, 0.2) is 40.1 Å². The van der Waals surface area contributed by atoms with Gasteiger partial charge in [0.05, 0.1) is 6.54 Å². The highest BCUT2D eigenvalue weighted by molar-refractivity contribution is 5.93. The molecular weight excluding hydrogens is 300 g/mol. The Bertz CT molecular complexity index is 836. The first-order chi connectivity index (χ1) is 11.6. The summed E-state index contributed by atoms with van der Waals surface area (Å²) in [5, 5.41) is 3.20. The van der Waals surface area contributed by atoms with Crippen molar-refractivity contribution < 1.29 is 0 Å². The number of nitrogens with one attached hydrogen (secondary N) is 1. The van der Waals surface area contributed by atoms with Crippen LogP contribution in [0, 0.1) is 6.92 Å². The predicted octanol–water partition coefficient (Wildman–Crippen LogP) is 2.50. The van der Waals surface area contributed by atoms with Gasteiger partial charge in [0.2, 0.25) is 0 Å². The SMILES string of the molecule is Cc1ccc(CN=C(N)Nc2cccc3c2CCCC3)c(=O)n1C. The van der Waals surface area contributed by atoms with Gasteiger partial charge in [-0.05, 0) is 61.9 Å². The van der Waals surface area contributed by atoms with Gasteiger partial charge in [-0.2, -0.15) is 0 Å². The normalized spacial score (nSPS) is 14.3. The van der Waals surface area contributed by atoms with Crippen LogP contribution in [0.2, 0.25) is 0 Å². The Morgan fingerprint density at radius 1 is 1.25 bits per heavy atom. The van der Waals surface area contributed by atoms with Crippen molar-refractivity contribution in [2.45, 2.75) is 39.2 Å². The van der Waals surface area contributed by atoms with Crippen LogP contribution < -0.4 is 16.6 Å². The molecule has 2 aromatic rings. The summed E-state index contributed by atoms with van der Waals surface area (Å²) in [4.78, 5) is 16.5. The van der Waals surface area contributed by atoms with Gasteiger partial charge in [-0.15, -0.1) is 0 Å². The number of pyridine rings is 1. The molecule has 0 fully saturated rings. The molecule has 1 aromatic heterocycles. The molecule has 0 atom stereocenters. The van der Waals surface area contributed by atoms with Gasteiger partial charge in [0.25, 0.3) is 5.56 Å². The molecule has 24 heavy (non-hydrogen) atoms. The smallest absolute Gasteiger partial charge is 0.255 e. The topological polar surface area (TPSA) is 72.4 Å². The largest absolute Gasteiger partial charge is 0.370 e. The molecule has 0 bridgehead atoms. The Morgan fingerprint density at radius 2 is 2.04 bits per heavy atom. The molecule has 1 aliphatic carbocycles. The average Bonchev–Trinajstić information content (AvgIpc) is 2.59. The zero-order valence-corrected chi connectivity index (χ0v) is 14.3. The van der Waals surface area contributed by atoms with E-state index < -0.39 is 0 Å². The van der Waals surface area contributed by atoms with Gasteiger partial charge < -0.3 is 15.6 Å². The van der Waals surface area contributed by atoms with Crippen LogP contribution >= 0.6 is 0 Å². The van der Waals surface area contributed by atoms with Gasteiger partial charge >= 0.3 is 0 Å². The first kappa shape index (κ1) is 16.3. The predicted molar refractivity (Wildman–Crippen MR) is 98.5 cm³/mol. The number of hydrogen-bond donors (Lipinski definition) is 2. The van der Waals surface area contributed by atoms with Crippen molar-refractivity contribution in [2.24, 2.45) is 17.8 Å². The third-order valence-electron chi connectivity index (χ3n) is 4.71. The Hall–Kier alpha value is -2.56. The molecule has 0 aliphatic heterocycles. The van der Waals surface area contributed by atoms with Crippen LogP contribution in [0.3, 0.4) is 0 Å². The van der Waals surface area contributed by atoms with Crippen molar-refractivity contribution in [2.75, 3.05) is 5.32 Å². The highest BCUT2D eigenvalue weighted by atomic mass is 16.1. The molecule has 3 rings (SSSR count). The van der Waals surface area contributed by atoms with Gasteiger partial charge in [-0.3, -0.25) is 4.79 Å². The Balaban J connectivity index is 1.76. The quantitative estimate of drug-likeness (QED) is 0.673. The fraction of sp³-hybridized carbons (Fsp3) is 0.368. The van der Waals surface area contributed by atoms with Gasteiger partial charge in [-0.1, -0.05) is 12.1 Å². The van der Waals surface area contributed by atoms with Crippen LogP contribution in [0.5, 0.6) is 0 Å². The van der Waals surface area contributed by atoms with E-state index in [9.17, 15) is 4.79 Å². The molecular formula is C19H24N4O. The Kier molecular flexibility index (Phi) is 4.69. The van der Waals surface area contributed by atoms with Crippen molar-refractivity contribution in [1.82, 2.24) is 4.57 Å². The zero-order chi connectivity index (χ0) is 17.1. The second-order valence-corrected chi connectivity index (χ2v) is 6.34. The number of aliphatic imine (C=N–C) groups is 1. The minimum Gasteiger partial charge on any atom is -0.370 e. The highest BCUT2D eigenvalue weighted by Crippen LogP contribution is 2.27. The summed E-state index contributed by atoms with van der Waals surface area (Å²) in [6.07, 6.45) is 4.66. The van der Waals surface area contributed by atoms with E-state index in [1.54, 1.807) is 11.6 Å². The number of anilines is 1. The molecule has 126 valence electrons. The van der Waals surface area contributed by atoms with Crippen molar-refractivity contribution in [3.05, 3.63) is 63.1 Å². The summed E-state index contributed by atoms with van der Waals surface area (Å²) >= 11 is 0. The summed E-state index contributed by atoms with van der Waals surface area (Å²) in [5.41, 5.74) is 11.3. The standard InChI is InChI=1S/C19H24N4O/c1-13-10-11-15(18(24)23(13)2)12-21-19(20)22-17-9-5-7-14-6-3-4-8-16(14)17/h5,7,9-11H,3-4,6,8,12H2,1-2H3,(H3,20,21,22). The number of aryl methyl sites for hydroxylation is 2. The zero-order valence-electron chi connectivity index (χ0n) is 14.3. The van der Waals surface area contributed by atoms with Crippen LogP contribution in [-0.4, -0.2) is 10.5 Å². The number of benzene rings is 1. The lowest BCUT2D eigenvalue weighted by atomic mass is 9.90. The Morgan fingerprint density at radius 3 is 2.88 bits per heavy atom. The van der Waals surface area contributed by atoms with Crippen LogP contribution in [0.4, 0.5) is 5.69 Å². The monoisotopic (exact) mass is 324 g/mol. The molecule has 1 heterocycles. The molecule has 0 unspecified atom stereocenters. The molecule has 5 heteroatoms. The molecule has 0 amide bonds. The minimum absolute atomic E-state index is 0.0244. The second-order valence-electron chi connectivity index (χ2n) is 6.34. The van der Waals surface area contributed by atoms with Crippen molar-refractivity contribution in [3.63, 3.8) is 0 Å². The number of hydrogen-bond acceptors (Lipinski definition) is 2. The van der Waals surface area contributed by atoms with Crippen LogP contribution in [0.25, 0.3) is 0 Å². The summed E-state index contributed by atoms with van der Waals surface area (Å²) in [5.74, 6) is 0.344. The molecule has 1 aliphatic rings. The summed E-state index contributed by atoms with van der Waals surface area (Å²) < 4.78 is 1.63. The minimum atomic E-state index is -0.0244. The van der Waals surface area contributed by atoms with Crippen molar-refractivity contribution in [3.8, 4) is 0 Å². The number of fused-ring (bicyclic) bond motifs is 1. The maximum Gasteiger partial charge on any atom is 0.255 e. The van der Waals surface area contributed by atoms with E-state index in [1.807, 2.05) is 25.1 Å². The fourth-order valence-electron chi connectivity index (χ4n) is 3.15. The average molecular weight is 324 g/mol. The lowest BCUT2D eigenvalue weighted by Gasteiger charge is -2.19. The van der Waals surface area contributed by atoms with Gasteiger partial charge in [0.1, 0.15) is 0 Å². The van der Waals surface area contributed by atoms with E-state index in [0.717, 1.165) is 24.2 Å². The van der Waals surface area contributed by atoms with Crippen LogP contribution in [-0.2, 0) is 26.4 Å². The van der Waals surface area contributed by atoms with E-state index in [-0.39, 0.29) is 12.1 Å². The van der Waals surface area contributed by atoms with E-state index in [1.165, 1.54) is 24.0 Å².